The van der Waals surface area contributed by atoms with Gasteiger partial charge in [0.1, 0.15) is 5.75 Å². The van der Waals surface area contributed by atoms with Gasteiger partial charge in [0.2, 0.25) is 0 Å². The zero-order valence-corrected chi connectivity index (χ0v) is 37.3. The molecule has 0 aliphatic rings. The smallest absolute Gasteiger partial charge is 0.288 e. The van der Waals surface area contributed by atoms with Crippen molar-refractivity contribution in [2.24, 2.45) is 17.8 Å². The lowest BCUT2D eigenvalue weighted by Gasteiger charge is -2.38. The van der Waals surface area contributed by atoms with Crippen molar-refractivity contribution in [3.05, 3.63) is 144 Å². The van der Waals surface area contributed by atoms with Crippen LogP contribution in [0.1, 0.15) is 112 Å². The van der Waals surface area contributed by atoms with Crippen LogP contribution in [0.2, 0.25) is 0 Å². The van der Waals surface area contributed by atoms with Crippen molar-refractivity contribution in [1.82, 2.24) is 0 Å². The molecule has 0 saturated heterocycles. The molecule has 5 atom stereocenters. The Kier molecular flexibility index (Phi) is 19.7. The predicted molar refractivity (Wildman–Crippen MR) is 246 cm³/mol. The second kappa shape index (κ2) is 24.6. The monoisotopic (exact) mass is 783 g/mol. The van der Waals surface area contributed by atoms with E-state index in [1.54, 1.807) is 7.11 Å². The lowest BCUT2D eigenvalue weighted by molar-refractivity contribution is -0.0193. The van der Waals surface area contributed by atoms with Crippen LogP contribution in [-0.4, -0.2) is 27.6 Å². The standard InChI is InChI=1S/C53H70O3Si/c1-9-11-12-13-14-15-16-20-28-44(5)52(55-41-47-35-37-48(54-8)38-36-47)45(6)39-42(3)40-46(7)53(43(4)27-10-2)56-57(49-29-21-17-22-30-49,50-31-23-18-24-32-50)51-33-25-19-26-34-51/h17-19,21-26,29-40,43-45,52-53H,9,11-16,20,28,41H2,1-8H3/b42-39+,46-40+/t43-,44+,45+,52-,53-/m1/s1. The number of ether oxygens (including phenoxy) is 2. The largest absolute Gasteiger partial charge is 0.497 e. The van der Waals surface area contributed by atoms with Crippen LogP contribution in [0, 0.1) is 29.6 Å². The van der Waals surface area contributed by atoms with Gasteiger partial charge in [0.25, 0.3) is 8.32 Å². The Balaban J connectivity index is 1.64. The first kappa shape index (κ1) is 45.6. The Bertz CT molecular complexity index is 1720. The van der Waals surface area contributed by atoms with E-state index in [0.29, 0.717) is 12.5 Å². The number of unbranched alkanes of at least 4 members (excludes halogenated alkanes) is 7. The molecule has 0 spiro atoms. The lowest BCUT2D eigenvalue weighted by Crippen LogP contribution is -2.70. The van der Waals surface area contributed by atoms with Crippen LogP contribution in [-0.2, 0) is 15.8 Å². The average molecular weight is 783 g/mol. The number of hydrogen-bond acceptors (Lipinski definition) is 3. The molecule has 0 unspecified atom stereocenters. The van der Waals surface area contributed by atoms with Crippen molar-refractivity contribution in [2.75, 3.05) is 7.11 Å². The lowest BCUT2D eigenvalue weighted by atomic mass is 9.87. The van der Waals surface area contributed by atoms with Crippen LogP contribution in [0.25, 0.3) is 0 Å². The molecular formula is C53H70O3Si. The molecule has 0 aromatic heterocycles. The van der Waals surface area contributed by atoms with Gasteiger partial charge < -0.3 is 13.9 Å². The van der Waals surface area contributed by atoms with E-state index < -0.39 is 8.32 Å². The topological polar surface area (TPSA) is 27.7 Å². The maximum atomic E-state index is 7.77. The molecule has 0 amide bonds. The Labute approximate surface area is 348 Å². The molecule has 0 bridgehead atoms. The van der Waals surface area contributed by atoms with Crippen molar-refractivity contribution in [3.63, 3.8) is 0 Å². The summed E-state index contributed by atoms with van der Waals surface area (Å²) in [5, 5.41) is 3.67. The van der Waals surface area contributed by atoms with Crippen molar-refractivity contribution >= 4 is 23.9 Å². The number of methoxy groups -OCH3 is 1. The summed E-state index contributed by atoms with van der Waals surface area (Å²) in [7, 11) is -1.28. The second-order valence-electron chi connectivity index (χ2n) is 16.0. The first-order chi connectivity index (χ1) is 27.7. The van der Waals surface area contributed by atoms with Gasteiger partial charge in [-0.15, -0.1) is 5.92 Å². The molecule has 0 heterocycles. The number of benzene rings is 4. The quantitative estimate of drug-likeness (QED) is 0.0233. The third-order valence-electron chi connectivity index (χ3n) is 11.3. The molecule has 304 valence electrons. The summed E-state index contributed by atoms with van der Waals surface area (Å²) in [4.78, 5) is 0. The highest BCUT2D eigenvalue weighted by molar-refractivity contribution is 7.07. The molecule has 4 aromatic rings. The Morgan fingerprint density at radius 2 is 1.19 bits per heavy atom. The van der Waals surface area contributed by atoms with E-state index in [1.807, 2.05) is 19.1 Å². The number of rotatable bonds is 24. The van der Waals surface area contributed by atoms with Crippen LogP contribution < -0.4 is 20.3 Å². The average Bonchev–Trinajstić information content (AvgIpc) is 3.23. The highest BCUT2D eigenvalue weighted by atomic mass is 28.4. The van der Waals surface area contributed by atoms with Crippen LogP contribution in [0.3, 0.4) is 0 Å². The van der Waals surface area contributed by atoms with Crippen LogP contribution in [0.5, 0.6) is 5.75 Å². The van der Waals surface area contributed by atoms with E-state index in [0.717, 1.165) is 11.3 Å². The third-order valence-corrected chi connectivity index (χ3v) is 15.3. The molecule has 4 heteroatoms. The minimum Gasteiger partial charge on any atom is -0.497 e. The van der Waals surface area contributed by atoms with Gasteiger partial charge in [-0.3, -0.25) is 0 Å². The van der Waals surface area contributed by atoms with Crippen LogP contribution >= 0.6 is 0 Å². The van der Waals surface area contributed by atoms with E-state index in [2.05, 4.69) is 169 Å². The Morgan fingerprint density at radius 1 is 0.684 bits per heavy atom. The van der Waals surface area contributed by atoms with Gasteiger partial charge in [0.15, 0.2) is 0 Å². The van der Waals surface area contributed by atoms with E-state index in [-0.39, 0.29) is 24.0 Å². The van der Waals surface area contributed by atoms with E-state index in [9.17, 15) is 0 Å². The van der Waals surface area contributed by atoms with Gasteiger partial charge in [-0.1, -0.05) is 199 Å². The molecule has 0 N–H and O–H groups in total. The molecule has 4 rings (SSSR count). The second-order valence-corrected chi connectivity index (χ2v) is 19.4. The summed E-state index contributed by atoms with van der Waals surface area (Å²) in [6, 6.07) is 40.8. The van der Waals surface area contributed by atoms with Gasteiger partial charge in [-0.2, -0.15) is 0 Å². The molecule has 3 nitrogen and oxygen atoms in total. The minimum absolute atomic E-state index is 0.0215. The predicted octanol–water partition coefficient (Wildman–Crippen LogP) is 12.0. The molecule has 0 aliphatic carbocycles. The van der Waals surface area contributed by atoms with Gasteiger partial charge in [0, 0.05) is 11.8 Å². The van der Waals surface area contributed by atoms with Crippen molar-refractivity contribution in [2.45, 2.75) is 125 Å². The van der Waals surface area contributed by atoms with Gasteiger partial charge in [0.05, 0.1) is 25.9 Å². The van der Waals surface area contributed by atoms with Crippen molar-refractivity contribution in [3.8, 4) is 17.6 Å². The fourth-order valence-corrected chi connectivity index (χ4v) is 12.5. The summed E-state index contributed by atoms with van der Waals surface area (Å²) >= 11 is 0. The Morgan fingerprint density at radius 3 is 1.68 bits per heavy atom. The molecule has 0 fully saturated rings. The summed E-state index contributed by atoms with van der Waals surface area (Å²) in [6.45, 7) is 16.2. The van der Waals surface area contributed by atoms with E-state index in [4.69, 9.17) is 13.9 Å². The summed E-state index contributed by atoms with van der Waals surface area (Å²) in [6.07, 6.45) is 16.4. The summed E-state index contributed by atoms with van der Waals surface area (Å²) in [5.41, 5.74) is 3.56. The van der Waals surface area contributed by atoms with Gasteiger partial charge in [-0.05, 0) is 78.9 Å². The van der Waals surface area contributed by atoms with Crippen LogP contribution in [0.4, 0.5) is 0 Å². The Hall–Kier alpha value is -4.14. The zero-order valence-electron chi connectivity index (χ0n) is 36.3. The number of allylic oxidation sites excluding steroid dienone is 2. The molecule has 0 saturated carbocycles. The van der Waals surface area contributed by atoms with Crippen molar-refractivity contribution in [1.29, 1.82) is 0 Å². The van der Waals surface area contributed by atoms with Gasteiger partial charge >= 0.3 is 0 Å². The normalized spacial score (nSPS) is 14.9. The zero-order chi connectivity index (χ0) is 40.9. The van der Waals surface area contributed by atoms with Crippen molar-refractivity contribution < 1.29 is 13.9 Å². The van der Waals surface area contributed by atoms with E-state index in [1.165, 1.54) is 84.5 Å². The fraction of sp³-hybridized carbons (Fsp3) is 0.434. The summed E-state index contributed by atoms with van der Waals surface area (Å²) < 4.78 is 20.0. The van der Waals surface area contributed by atoms with Crippen LogP contribution in [0.15, 0.2) is 139 Å². The molecule has 57 heavy (non-hydrogen) atoms. The fourth-order valence-electron chi connectivity index (χ4n) is 8.32. The van der Waals surface area contributed by atoms with E-state index >= 15 is 0 Å². The minimum atomic E-state index is -2.99. The molecular weight excluding hydrogens is 713 g/mol. The molecule has 0 radical (unpaired) electrons. The highest BCUT2D eigenvalue weighted by Gasteiger charge is 2.45. The SMILES string of the molecule is CC#C[C@@H](C)[C@@H](O[Si](c1ccccc1)(c1ccccc1)c1ccccc1)/C(C)=C/C(C)=C/[C@H](C)[C@H](OCc1ccc(OC)cc1)[C@@H](C)CCCCCCCCCC. The number of hydrogen-bond donors (Lipinski definition) is 0. The van der Waals surface area contributed by atoms with Gasteiger partial charge in [-0.25, -0.2) is 0 Å². The molecule has 0 aliphatic heterocycles. The maximum Gasteiger partial charge on any atom is 0.288 e. The summed E-state index contributed by atoms with van der Waals surface area (Å²) in [5.74, 6) is 8.19. The molecule has 4 aromatic carbocycles. The highest BCUT2D eigenvalue weighted by Crippen LogP contribution is 2.28. The first-order valence-electron chi connectivity index (χ1n) is 21.6. The first-order valence-corrected chi connectivity index (χ1v) is 23.5. The third kappa shape index (κ3) is 13.7. The maximum absolute atomic E-state index is 7.77.